The SMILES string of the molecule is CC(C)OCCCNC(=O)[C@H]1CCCN(S(=O)(=O)CCCc2ccccc2)C1. The maximum absolute atomic E-state index is 12.7. The van der Waals surface area contributed by atoms with Crippen molar-refractivity contribution < 1.29 is 17.9 Å². The summed E-state index contributed by atoms with van der Waals surface area (Å²) in [6.45, 7) is 5.95. The van der Waals surface area contributed by atoms with Crippen LogP contribution in [0.25, 0.3) is 0 Å². The van der Waals surface area contributed by atoms with E-state index in [1.165, 1.54) is 4.31 Å². The molecule has 158 valence electrons. The van der Waals surface area contributed by atoms with Gasteiger partial charge in [0.25, 0.3) is 0 Å². The zero-order chi connectivity index (χ0) is 20.4. The highest BCUT2D eigenvalue weighted by Gasteiger charge is 2.31. The minimum Gasteiger partial charge on any atom is -0.379 e. The van der Waals surface area contributed by atoms with Gasteiger partial charge in [-0.25, -0.2) is 12.7 Å². The molecular weight excluding hydrogens is 376 g/mol. The first kappa shape index (κ1) is 22.8. The molecule has 1 aliphatic heterocycles. The van der Waals surface area contributed by atoms with Crippen molar-refractivity contribution in [1.82, 2.24) is 9.62 Å². The predicted molar refractivity (Wildman–Crippen MR) is 112 cm³/mol. The predicted octanol–water partition coefficient (Wildman–Crippen LogP) is 2.59. The van der Waals surface area contributed by atoms with Crippen LogP contribution in [0.15, 0.2) is 30.3 Å². The third kappa shape index (κ3) is 7.89. The fraction of sp³-hybridized carbons (Fsp3) is 0.667. The number of sulfonamides is 1. The summed E-state index contributed by atoms with van der Waals surface area (Å²) >= 11 is 0. The molecule has 1 atom stereocenters. The van der Waals surface area contributed by atoms with Gasteiger partial charge in [0.15, 0.2) is 0 Å². The molecule has 1 amide bonds. The molecule has 0 spiro atoms. The smallest absolute Gasteiger partial charge is 0.224 e. The fourth-order valence-electron chi connectivity index (χ4n) is 3.39. The second kappa shape index (κ2) is 11.5. The summed E-state index contributed by atoms with van der Waals surface area (Å²) in [6.07, 6.45) is 3.76. The first-order chi connectivity index (χ1) is 13.4. The van der Waals surface area contributed by atoms with Gasteiger partial charge in [0.2, 0.25) is 15.9 Å². The molecule has 1 aliphatic rings. The molecule has 6 nitrogen and oxygen atoms in total. The highest BCUT2D eigenvalue weighted by atomic mass is 32.2. The van der Waals surface area contributed by atoms with Crippen LogP contribution >= 0.6 is 0 Å². The lowest BCUT2D eigenvalue weighted by atomic mass is 9.99. The Kier molecular flexibility index (Phi) is 9.41. The lowest BCUT2D eigenvalue weighted by molar-refractivity contribution is -0.126. The van der Waals surface area contributed by atoms with E-state index in [-0.39, 0.29) is 23.7 Å². The highest BCUT2D eigenvalue weighted by Crippen LogP contribution is 2.20. The van der Waals surface area contributed by atoms with Crippen molar-refractivity contribution >= 4 is 15.9 Å². The molecule has 1 saturated heterocycles. The molecule has 28 heavy (non-hydrogen) atoms. The number of aryl methyl sites for hydroxylation is 1. The summed E-state index contributed by atoms with van der Waals surface area (Å²) in [6, 6.07) is 9.91. The number of nitrogens with one attached hydrogen (secondary N) is 1. The third-order valence-corrected chi connectivity index (χ3v) is 6.85. The number of carbonyl (C=O) groups excluding carboxylic acids is 1. The summed E-state index contributed by atoms with van der Waals surface area (Å²) in [5, 5.41) is 2.92. The van der Waals surface area contributed by atoms with Gasteiger partial charge in [-0.1, -0.05) is 30.3 Å². The minimum atomic E-state index is -3.33. The van der Waals surface area contributed by atoms with Crippen LogP contribution in [0.2, 0.25) is 0 Å². The Morgan fingerprint density at radius 3 is 2.71 bits per heavy atom. The van der Waals surface area contributed by atoms with E-state index in [9.17, 15) is 13.2 Å². The number of hydrogen-bond acceptors (Lipinski definition) is 4. The number of nitrogens with zero attached hydrogens (tertiary/aromatic N) is 1. The minimum absolute atomic E-state index is 0.0475. The van der Waals surface area contributed by atoms with Crippen molar-refractivity contribution in [3.63, 3.8) is 0 Å². The first-order valence-corrected chi connectivity index (χ1v) is 11.9. The second-order valence-corrected chi connectivity index (χ2v) is 9.75. The van der Waals surface area contributed by atoms with Crippen LogP contribution in [0.4, 0.5) is 0 Å². The molecule has 1 N–H and O–H groups in total. The molecule has 0 saturated carbocycles. The second-order valence-electron chi connectivity index (χ2n) is 7.67. The van der Waals surface area contributed by atoms with Gasteiger partial charge in [-0.3, -0.25) is 4.79 Å². The Morgan fingerprint density at radius 2 is 2.00 bits per heavy atom. The fourth-order valence-corrected chi connectivity index (χ4v) is 4.97. The van der Waals surface area contributed by atoms with Crippen molar-refractivity contribution in [2.45, 2.75) is 52.1 Å². The molecule has 0 aromatic heterocycles. The van der Waals surface area contributed by atoms with E-state index in [0.717, 1.165) is 31.2 Å². The highest BCUT2D eigenvalue weighted by molar-refractivity contribution is 7.89. The van der Waals surface area contributed by atoms with Crippen LogP contribution in [0.5, 0.6) is 0 Å². The first-order valence-electron chi connectivity index (χ1n) is 10.3. The Balaban J connectivity index is 1.75. The molecule has 0 bridgehead atoms. The van der Waals surface area contributed by atoms with Crippen molar-refractivity contribution in [3.8, 4) is 0 Å². The van der Waals surface area contributed by atoms with Crippen LogP contribution in [0.1, 0.15) is 45.1 Å². The number of hydrogen-bond donors (Lipinski definition) is 1. The monoisotopic (exact) mass is 410 g/mol. The van der Waals surface area contributed by atoms with Crippen molar-refractivity contribution in [2.24, 2.45) is 5.92 Å². The molecular formula is C21H34N2O4S. The molecule has 1 aromatic carbocycles. The summed E-state index contributed by atoms with van der Waals surface area (Å²) < 4.78 is 32.3. The maximum Gasteiger partial charge on any atom is 0.224 e. The number of rotatable bonds is 11. The molecule has 0 unspecified atom stereocenters. The zero-order valence-electron chi connectivity index (χ0n) is 17.1. The summed E-state index contributed by atoms with van der Waals surface area (Å²) in [7, 11) is -3.33. The number of ether oxygens (including phenoxy) is 1. The van der Waals surface area contributed by atoms with Crippen molar-refractivity contribution in [1.29, 1.82) is 0 Å². The standard InChI is InChI=1S/C21H34N2O4S/c1-18(2)27-15-8-13-22-21(24)20-12-6-14-23(17-20)28(25,26)16-7-11-19-9-4-3-5-10-19/h3-5,9-10,18,20H,6-8,11-17H2,1-2H3,(H,22,24)/t20-/m0/s1. The maximum atomic E-state index is 12.7. The van der Waals surface area contributed by atoms with E-state index in [1.54, 1.807) is 0 Å². The van der Waals surface area contributed by atoms with Crippen molar-refractivity contribution in [2.75, 3.05) is 32.0 Å². The van der Waals surface area contributed by atoms with E-state index in [4.69, 9.17) is 4.74 Å². The molecule has 1 aromatic rings. The van der Waals surface area contributed by atoms with Gasteiger partial charge < -0.3 is 10.1 Å². The average Bonchev–Trinajstić information content (AvgIpc) is 2.68. The summed E-state index contributed by atoms with van der Waals surface area (Å²) in [5.41, 5.74) is 1.15. The van der Waals surface area contributed by atoms with E-state index in [0.29, 0.717) is 32.7 Å². The average molecular weight is 411 g/mol. The number of benzene rings is 1. The quantitative estimate of drug-likeness (QED) is 0.569. The Morgan fingerprint density at radius 1 is 1.25 bits per heavy atom. The van der Waals surface area contributed by atoms with E-state index in [2.05, 4.69) is 5.32 Å². The molecule has 1 heterocycles. The van der Waals surface area contributed by atoms with Crippen LogP contribution in [0.3, 0.4) is 0 Å². The molecule has 0 radical (unpaired) electrons. The van der Waals surface area contributed by atoms with Gasteiger partial charge in [0.05, 0.1) is 17.8 Å². The van der Waals surface area contributed by atoms with Crippen LogP contribution < -0.4 is 5.32 Å². The summed E-state index contributed by atoms with van der Waals surface area (Å²) in [5.74, 6) is -0.180. The molecule has 0 aliphatic carbocycles. The molecule has 2 rings (SSSR count). The van der Waals surface area contributed by atoms with Gasteiger partial charge in [-0.15, -0.1) is 0 Å². The lowest BCUT2D eigenvalue weighted by Gasteiger charge is -2.31. The topological polar surface area (TPSA) is 75.7 Å². The van der Waals surface area contributed by atoms with Crippen LogP contribution in [-0.4, -0.2) is 56.7 Å². The van der Waals surface area contributed by atoms with E-state index in [1.807, 2.05) is 44.2 Å². The lowest BCUT2D eigenvalue weighted by Crippen LogP contribution is -2.46. The molecule has 7 heteroatoms. The Labute approximate surface area is 169 Å². The number of amides is 1. The number of carbonyl (C=O) groups is 1. The normalized spacial score (nSPS) is 18.3. The molecule has 1 fully saturated rings. The zero-order valence-corrected chi connectivity index (χ0v) is 17.9. The van der Waals surface area contributed by atoms with E-state index >= 15 is 0 Å². The van der Waals surface area contributed by atoms with Crippen LogP contribution in [-0.2, 0) is 26.0 Å². The van der Waals surface area contributed by atoms with Gasteiger partial charge >= 0.3 is 0 Å². The van der Waals surface area contributed by atoms with Crippen molar-refractivity contribution in [3.05, 3.63) is 35.9 Å². The van der Waals surface area contributed by atoms with Gasteiger partial charge in [-0.2, -0.15) is 0 Å². The largest absolute Gasteiger partial charge is 0.379 e. The Bertz CT molecular complexity index is 692. The third-order valence-electron chi connectivity index (χ3n) is 4.93. The van der Waals surface area contributed by atoms with E-state index < -0.39 is 10.0 Å². The van der Waals surface area contributed by atoms with Gasteiger partial charge in [0, 0.05) is 26.2 Å². The Hall–Kier alpha value is -1.44. The number of piperidine rings is 1. The van der Waals surface area contributed by atoms with Gasteiger partial charge in [0.1, 0.15) is 0 Å². The summed E-state index contributed by atoms with van der Waals surface area (Å²) in [4.78, 5) is 12.4. The van der Waals surface area contributed by atoms with Gasteiger partial charge in [-0.05, 0) is 51.5 Å². The van der Waals surface area contributed by atoms with Crippen LogP contribution in [0, 0.1) is 5.92 Å².